The summed E-state index contributed by atoms with van der Waals surface area (Å²) in [4.78, 5) is 28.3. The van der Waals surface area contributed by atoms with Crippen LogP contribution in [-0.2, 0) is 17.8 Å². The average molecular weight is 586 g/mol. The van der Waals surface area contributed by atoms with Crippen molar-refractivity contribution in [2.24, 2.45) is 4.99 Å². The van der Waals surface area contributed by atoms with Crippen LogP contribution in [0.15, 0.2) is 90.1 Å². The van der Waals surface area contributed by atoms with Crippen LogP contribution in [0.25, 0.3) is 0 Å². The number of aromatic nitrogens is 1. The second-order valence-corrected chi connectivity index (χ2v) is 11.2. The molecule has 1 aromatic heterocycles. The Hall–Kier alpha value is -3.87. The molecule has 3 aromatic carbocycles. The van der Waals surface area contributed by atoms with Crippen LogP contribution in [0.2, 0.25) is 10.0 Å². The van der Waals surface area contributed by atoms with Crippen LogP contribution in [0.5, 0.6) is 5.75 Å². The number of rotatable bonds is 7. The second-order valence-electron chi connectivity index (χ2n) is 10.3. The lowest BCUT2D eigenvalue weighted by Gasteiger charge is -2.26. The molecule has 1 fully saturated rings. The smallest absolute Gasteiger partial charge is 0.252 e. The summed E-state index contributed by atoms with van der Waals surface area (Å²) in [6, 6.07) is 24.3. The molecule has 0 aliphatic carbocycles. The first-order valence-corrected chi connectivity index (χ1v) is 14.5. The molecule has 1 atom stereocenters. The predicted molar refractivity (Wildman–Crippen MR) is 166 cm³/mol. The van der Waals surface area contributed by atoms with Crippen molar-refractivity contribution in [1.29, 1.82) is 0 Å². The minimum atomic E-state index is -0.701. The van der Waals surface area contributed by atoms with Gasteiger partial charge in [0.1, 0.15) is 17.6 Å². The monoisotopic (exact) mass is 584 g/mol. The summed E-state index contributed by atoms with van der Waals surface area (Å²) >= 11 is 13.1. The molecule has 1 amide bonds. The van der Waals surface area contributed by atoms with E-state index in [0.717, 1.165) is 52.6 Å². The number of methoxy groups -OCH3 is 1. The van der Waals surface area contributed by atoms with Gasteiger partial charge in [0.05, 0.1) is 25.1 Å². The zero-order valence-electron chi connectivity index (χ0n) is 22.8. The van der Waals surface area contributed by atoms with E-state index >= 15 is 0 Å². The van der Waals surface area contributed by atoms with Crippen LogP contribution in [-0.4, -0.2) is 42.8 Å². The SMILES string of the molecule is COc1ccc(CN2C(=O)C(Cc3ccccc3Cl)N=C(c3ccc(N4CCCC4)nc3)c3cc(Cl)ccc32)cc1. The van der Waals surface area contributed by atoms with Crippen molar-refractivity contribution < 1.29 is 9.53 Å². The van der Waals surface area contributed by atoms with E-state index in [-0.39, 0.29) is 5.91 Å². The Morgan fingerprint density at radius 2 is 1.73 bits per heavy atom. The standard InChI is InChI=1S/C33H30Cl2N4O2/c1-41-26-12-8-22(9-13-26)21-39-30-14-11-25(34)19-27(30)32(24-10-15-31(36-20-24)38-16-4-5-17-38)37-29(33(39)40)18-23-6-2-3-7-28(23)35/h2-3,6-15,19-20,29H,4-5,16-18,21H2,1H3. The molecule has 0 radical (unpaired) electrons. The molecule has 0 N–H and O–H groups in total. The highest BCUT2D eigenvalue weighted by atomic mass is 35.5. The summed E-state index contributed by atoms with van der Waals surface area (Å²) in [5.41, 5.74) is 4.89. The number of carbonyl (C=O) groups excluding carboxylic acids is 1. The van der Waals surface area contributed by atoms with E-state index in [1.54, 1.807) is 12.0 Å². The fraction of sp³-hybridized carbons (Fsp3) is 0.242. The zero-order chi connectivity index (χ0) is 28.3. The first kappa shape index (κ1) is 27.3. The Morgan fingerprint density at radius 1 is 0.951 bits per heavy atom. The second kappa shape index (κ2) is 11.9. The number of benzene rings is 3. The molecule has 6 rings (SSSR count). The molecule has 208 valence electrons. The number of aliphatic imine (C=N–C) groups is 1. The third-order valence-corrected chi connectivity index (χ3v) is 8.27. The van der Waals surface area contributed by atoms with Gasteiger partial charge in [-0.3, -0.25) is 9.79 Å². The minimum Gasteiger partial charge on any atom is -0.497 e. The van der Waals surface area contributed by atoms with Crippen molar-refractivity contribution in [3.05, 3.63) is 117 Å². The highest BCUT2D eigenvalue weighted by Crippen LogP contribution is 2.34. The predicted octanol–water partition coefficient (Wildman–Crippen LogP) is 6.99. The van der Waals surface area contributed by atoms with Crippen molar-refractivity contribution in [2.75, 3.05) is 30.0 Å². The van der Waals surface area contributed by atoms with Crippen LogP contribution < -0.4 is 14.5 Å². The van der Waals surface area contributed by atoms with E-state index in [0.29, 0.717) is 28.7 Å². The van der Waals surface area contributed by atoms with Gasteiger partial charge in [-0.25, -0.2) is 4.98 Å². The summed E-state index contributed by atoms with van der Waals surface area (Å²) in [7, 11) is 1.64. The van der Waals surface area contributed by atoms with Gasteiger partial charge in [0.25, 0.3) is 5.91 Å². The molecule has 2 aliphatic rings. The van der Waals surface area contributed by atoms with Crippen LogP contribution in [0.4, 0.5) is 11.5 Å². The normalized spacial score (nSPS) is 16.8. The van der Waals surface area contributed by atoms with E-state index in [4.69, 9.17) is 37.9 Å². The average Bonchev–Trinajstić information content (AvgIpc) is 3.51. The van der Waals surface area contributed by atoms with Crippen molar-refractivity contribution in [3.8, 4) is 5.75 Å². The van der Waals surface area contributed by atoms with Crippen LogP contribution in [0.1, 0.15) is 35.1 Å². The Balaban J connectivity index is 1.46. The molecule has 0 spiro atoms. The number of hydrogen-bond acceptors (Lipinski definition) is 5. The summed E-state index contributed by atoms with van der Waals surface area (Å²) in [5, 5.41) is 1.18. The molecule has 6 nitrogen and oxygen atoms in total. The van der Waals surface area contributed by atoms with E-state index in [1.165, 1.54) is 12.8 Å². The Labute approximate surface area is 250 Å². The number of amides is 1. The number of ether oxygens (including phenoxy) is 1. The fourth-order valence-corrected chi connectivity index (χ4v) is 5.87. The molecule has 1 saturated heterocycles. The highest BCUT2D eigenvalue weighted by molar-refractivity contribution is 6.32. The molecule has 41 heavy (non-hydrogen) atoms. The van der Waals surface area contributed by atoms with Gasteiger partial charge in [0.2, 0.25) is 0 Å². The van der Waals surface area contributed by atoms with Gasteiger partial charge in [-0.2, -0.15) is 0 Å². The van der Waals surface area contributed by atoms with Crippen molar-refractivity contribution in [3.63, 3.8) is 0 Å². The first-order valence-electron chi connectivity index (χ1n) is 13.8. The minimum absolute atomic E-state index is 0.110. The van der Waals surface area contributed by atoms with Crippen molar-refractivity contribution in [2.45, 2.75) is 31.8 Å². The number of pyridine rings is 1. The molecule has 1 unspecified atom stereocenters. The summed E-state index contributed by atoms with van der Waals surface area (Å²) < 4.78 is 5.33. The maximum absolute atomic E-state index is 14.3. The fourth-order valence-electron chi connectivity index (χ4n) is 5.48. The lowest BCUT2D eigenvalue weighted by Crippen LogP contribution is -2.38. The van der Waals surface area contributed by atoms with E-state index in [2.05, 4.69) is 4.90 Å². The zero-order valence-corrected chi connectivity index (χ0v) is 24.3. The number of nitrogens with zero attached hydrogens (tertiary/aromatic N) is 4. The van der Waals surface area contributed by atoms with E-state index in [9.17, 15) is 4.79 Å². The lowest BCUT2D eigenvalue weighted by molar-refractivity contribution is -0.119. The summed E-state index contributed by atoms with van der Waals surface area (Å²) in [5.74, 6) is 1.60. The molecular formula is C33H30Cl2N4O2. The topological polar surface area (TPSA) is 58.0 Å². The molecule has 4 aromatic rings. The van der Waals surface area contributed by atoms with E-state index < -0.39 is 6.04 Å². The summed E-state index contributed by atoms with van der Waals surface area (Å²) in [6.07, 6.45) is 4.57. The Morgan fingerprint density at radius 3 is 2.44 bits per heavy atom. The third kappa shape index (κ3) is 5.81. The van der Waals surface area contributed by atoms with Gasteiger partial charge in [-0.1, -0.05) is 53.5 Å². The van der Waals surface area contributed by atoms with Crippen molar-refractivity contribution in [1.82, 2.24) is 4.98 Å². The summed E-state index contributed by atoms with van der Waals surface area (Å²) in [6.45, 7) is 2.40. The number of halogens is 2. The highest BCUT2D eigenvalue weighted by Gasteiger charge is 2.33. The van der Waals surface area contributed by atoms with Gasteiger partial charge in [-0.05, 0) is 72.5 Å². The van der Waals surface area contributed by atoms with Crippen LogP contribution >= 0.6 is 23.2 Å². The first-order chi connectivity index (χ1) is 20.0. The molecule has 0 bridgehead atoms. The number of fused-ring (bicyclic) bond motifs is 1. The van der Waals surface area contributed by atoms with Crippen LogP contribution in [0, 0.1) is 0 Å². The van der Waals surface area contributed by atoms with Gasteiger partial charge in [-0.15, -0.1) is 0 Å². The molecular weight excluding hydrogens is 555 g/mol. The van der Waals surface area contributed by atoms with Gasteiger partial charge < -0.3 is 14.5 Å². The van der Waals surface area contributed by atoms with E-state index in [1.807, 2.05) is 85.1 Å². The molecule has 0 saturated carbocycles. The Bertz CT molecular complexity index is 1580. The number of anilines is 2. The Kier molecular flexibility index (Phi) is 7.95. The number of hydrogen-bond donors (Lipinski definition) is 0. The number of benzodiazepines with no additional fused rings is 1. The quantitative estimate of drug-likeness (QED) is 0.235. The molecule has 2 aliphatic heterocycles. The van der Waals surface area contributed by atoms with Crippen LogP contribution in [0.3, 0.4) is 0 Å². The maximum Gasteiger partial charge on any atom is 0.252 e. The maximum atomic E-state index is 14.3. The largest absolute Gasteiger partial charge is 0.497 e. The van der Waals surface area contributed by atoms with Gasteiger partial charge in [0, 0.05) is 46.9 Å². The molecule has 3 heterocycles. The molecule has 8 heteroatoms. The third-order valence-electron chi connectivity index (χ3n) is 7.66. The van der Waals surface area contributed by atoms with Gasteiger partial charge >= 0.3 is 0 Å². The van der Waals surface area contributed by atoms with Crippen molar-refractivity contribution >= 4 is 46.3 Å². The van der Waals surface area contributed by atoms with Gasteiger partial charge in [0.15, 0.2) is 0 Å². The lowest BCUT2D eigenvalue weighted by atomic mass is 10.0. The number of carbonyl (C=O) groups is 1.